The minimum atomic E-state index is -2.39. The third kappa shape index (κ3) is 2.96. The van der Waals surface area contributed by atoms with Gasteiger partial charge in [0, 0.05) is 0 Å². The van der Waals surface area contributed by atoms with Crippen LogP contribution in [0.15, 0.2) is 84.9 Å². The molecule has 0 aliphatic carbocycles. The topological polar surface area (TPSA) is 19.9 Å². The van der Waals surface area contributed by atoms with E-state index in [2.05, 4.69) is 93.6 Å². The van der Waals surface area contributed by atoms with Crippen LogP contribution in [0.4, 0.5) is 0 Å². The molecule has 127 valence electrons. The van der Waals surface area contributed by atoms with Gasteiger partial charge in [0.05, 0.1) is 0 Å². The van der Waals surface area contributed by atoms with Crippen molar-refractivity contribution < 1.29 is 5.11 Å². The summed E-state index contributed by atoms with van der Waals surface area (Å²) in [5, 5.41) is 16.0. The largest absolute Gasteiger partial charge is 0.232 e. The van der Waals surface area contributed by atoms with Gasteiger partial charge in [-0.2, -0.15) is 0 Å². The molecule has 0 aliphatic heterocycles. The zero-order valence-electron chi connectivity index (χ0n) is 15.2. The maximum absolute atomic E-state index is 12.0. The van der Waals surface area contributed by atoms with Crippen LogP contribution in [-0.4, -0.2) is 8.07 Å². The first kappa shape index (κ1) is 17.7. The van der Waals surface area contributed by atoms with Gasteiger partial charge in [-0.25, -0.2) is 5.11 Å². The molecule has 3 rings (SSSR count). The molecule has 0 spiro atoms. The van der Waals surface area contributed by atoms with E-state index in [0.29, 0.717) is 0 Å². The maximum atomic E-state index is 12.0. The summed E-state index contributed by atoms with van der Waals surface area (Å²) >= 11 is 0. The lowest BCUT2D eigenvalue weighted by Gasteiger charge is -2.45. The molecule has 0 bridgehead atoms. The van der Waals surface area contributed by atoms with Crippen LogP contribution in [-0.2, 0) is 11.7 Å². The fraction of sp³-hybridized carbons (Fsp3) is 0.217. The van der Waals surface area contributed by atoms with Crippen molar-refractivity contribution in [3.63, 3.8) is 0 Å². The van der Waals surface area contributed by atoms with Crippen molar-refractivity contribution in [2.75, 3.05) is 0 Å². The molecule has 0 amide bonds. The van der Waals surface area contributed by atoms with Crippen LogP contribution in [0.25, 0.3) is 0 Å². The molecular weight excluding hydrogens is 320 g/mol. The molecule has 0 saturated heterocycles. The normalized spacial score (nSPS) is 12.2. The summed E-state index contributed by atoms with van der Waals surface area (Å²) in [6.45, 7) is 6.78. The Hall–Kier alpha value is -2.16. The third-order valence-electron chi connectivity index (χ3n) is 5.12. The molecular formula is C23H25OSi. The quantitative estimate of drug-likeness (QED) is 0.505. The summed E-state index contributed by atoms with van der Waals surface area (Å²) < 4.78 is 0. The number of hydrogen-bond donors (Lipinski definition) is 0. The predicted molar refractivity (Wildman–Crippen MR) is 108 cm³/mol. The van der Waals surface area contributed by atoms with Crippen LogP contribution >= 0.6 is 0 Å². The number of rotatable bonds is 4. The van der Waals surface area contributed by atoms with Crippen molar-refractivity contribution in [3.8, 4) is 0 Å². The Morgan fingerprint density at radius 1 is 0.680 bits per heavy atom. The lowest BCUT2D eigenvalue weighted by Crippen LogP contribution is -2.72. The van der Waals surface area contributed by atoms with Gasteiger partial charge in [0.25, 0.3) is 0 Å². The summed E-state index contributed by atoms with van der Waals surface area (Å²) in [7, 11) is -2.39. The summed E-state index contributed by atoms with van der Waals surface area (Å²) in [5.74, 6) is 0. The molecule has 3 aromatic carbocycles. The van der Waals surface area contributed by atoms with Crippen molar-refractivity contribution in [1.82, 2.24) is 0 Å². The molecule has 0 heterocycles. The highest BCUT2D eigenvalue weighted by molar-refractivity contribution is 7.13. The van der Waals surface area contributed by atoms with E-state index in [-0.39, 0.29) is 11.6 Å². The van der Waals surface area contributed by atoms with Crippen molar-refractivity contribution in [3.05, 3.63) is 90.5 Å². The number of benzene rings is 3. The van der Waals surface area contributed by atoms with Crippen LogP contribution in [0, 0.1) is 0 Å². The van der Waals surface area contributed by atoms with Gasteiger partial charge < -0.3 is 0 Å². The van der Waals surface area contributed by atoms with E-state index in [1.165, 1.54) is 15.6 Å². The minimum Gasteiger partial charge on any atom is -0.232 e. The first-order valence-corrected chi connectivity index (χ1v) is 10.8. The summed E-state index contributed by atoms with van der Waals surface area (Å²) in [5.41, 5.74) is 0.928. The Bertz CT molecular complexity index is 780. The van der Waals surface area contributed by atoms with Gasteiger partial charge in [-0.05, 0) is 26.2 Å². The lowest BCUT2D eigenvalue weighted by atomic mass is 10.2. The second-order valence-corrected chi connectivity index (χ2v) is 12.2. The second kappa shape index (κ2) is 6.99. The smallest absolute Gasteiger partial charge is 0.153 e. The van der Waals surface area contributed by atoms with Crippen molar-refractivity contribution in [2.24, 2.45) is 0 Å². The van der Waals surface area contributed by atoms with E-state index in [4.69, 9.17) is 0 Å². The first-order valence-electron chi connectivity index (χ1n) is 8.79. The molecule has 0 N–H and O–H groups in total. The first-order chi connectivity index (χ1) is 12.0. The van der Waals surface area contributed by atoms with Gasteiger partial charge in [-0.1, -0.05) is 106 Å². The predicted octanol–water partition coefficient (Wildman–Crippen LogP) is 3.89. The van der Waals surface area contributed by atoms with Crippen molar-refractivity contribution >= 4 is 23.6 Å². The van der Waals surface area contributed by atoms with Gasteiger partial charge in [-0.15, -0.1) is 0 Å². The Labute approximate surface area is 152 Å². The average Bonchev–Trinajstić information content (AvgIpc) is 2.63. The van der Waals surface area contributed by atoms with E-state index >= 15 is 0 Å². The molecule has 1 nitrogen and oxygen atoms in total. The highest BCUT2D eigenvalue weighted by atomic mass is 28.3. The van der Waals surface area contributed by atoms with Crippen LogP contribution in [0.5, 0.6) is 0 Å². The van der Waals surface area contributed by atoms with Gasteiger partial charge in [-0.3, -0.25) is 0 Å². The second-order valence-electron chi connectivity index (χ2n) is 7.53. The fourth-order valence-electron chi connectivity index (χ4n) is 4.14. The molecule has 25 heavy (non-hydrogen) atoms. The average molecular weight is 346 g/mol. The monoisotopic (exact) mass is 345 g/mol. The molecule has 0 aromatic heterocycles. The van der Waals surface area contributed by atoms with E-state index in [1.54, 1.807) is 0 Å². The van der Waals surface area contributed by atoms with Crippen LogP contribution in [0.3, 0.4) is 0 Å². The van der Waals surface area contributed by atoms with E-state index < -0.39 is 8.07 Å². The molecule has 0 saturated carbocycles. The summed E-state index contributed by atoms with van der Waals surface area (Å²) in [4.78, 5) is 0. The van der Waals surface area contributed by atoms with Crippen molar-refractivity contribution in [1.29, 1.82) is 0 Å². The van der Waals surface area contributed by atoms with Crippen LogP contribution < -0.4 is 15.6 Å². The van der Waals surface area contributed by atoms with E-state index in [0.717, 1.165) is 5.56 Å². The lowest BCUT2D eigenvalue weighted by molar-refractivity contribution is 0.178. The summed E-state index contributed by atoms with van der Waals surface area (Å²) in [6, 6.07) is 29.8. The minimum absolute atomic E-state index is 0.0149. The molecule has 0 atom stereocenters. The Kier molecular flexibility index (Phi) is 4.93. The zero-order valence-corrected chi connectivity index (χ0v) is 16.2. The standard InChI is InChI=1S/C23H25OSi/c1-23(2,3)25(20-13-6-4-7-14-20,21-15-8-5-9-16-21)22-17-11-10-12-19(22)18-24/h4-17H,18H2,1-3H3. The van der Waals surface area contributed by atoms with Gasteiger partial charge in [0.2, 0.25) is 0 Å². The molecule has 0 unspecified atom stereocenters. The summed E-state index contributed by atoms with van der Waals surface area (Å²) in [6.07, 6.45) is 0. The van der Waals surface area contributed by atoms with Gasteiger partial charge in [0.1, 0.15) is 6.61 Å². The van der Waals surface area contributed by atoms with Crippen LogP contribution in [0.2, 0.25) is 5.04 Å². The number of hydrogen-bond acceptors (Lipinski definition) is 0. The fourth-order valence-corrected chi connectivity index (χ4v) is 10.00. The van der Waals surface area contributed by atoms with E-state index in [9.17, 15) is 5.11 Å². The Morgan fingerprint density at radius 2 is 1.12 bits per heavy atom. The highest BCUT2D eigenvalue weighted by Crippen LogP contribution is 2.36. The maximum Gasteiger partial charge on any atom is 0.153 e. The Balaban J connectivity index is 2.46. The van der Waals surface area contributed by atoms with E-state index in [1.807, 2.05) is 12.1 Å². The van der Waals surface area contributed by atoms with Crippen LogP contribution in [0.1, 0.15) is 26.3 Å². The molecule has 3 aromatic rings. The molecule has 0 fully saturated rings. The zero-order chi connectivity index (χ0) is 17.9. The van der Waals surface area contributed by atoms with Gasteiger partial charge >= 0.3 is 0 Å². The SMILES string of the molecule is CC(C)(C)[Si](c1ccccc1)(c1ccccc1)c1ccccc1C[O]. The van der Waals surface area contributed by atoms with Gasteiger partial charge in [0.15, 0.2) is 8.07 Å². The molecule has 1 radical (unpaired) electrons. The Morgan fingerprint density at radius 3 is 1.56 bits per heavy atom. The highest BCUT2D eigenvalue weighted by Gasteiger charge is 2.49. The molecule has 0 aliphatic rings. The third-order valence-corrected chi connectivity index (χ3v) is 11.1. The molecule has 2 heteroatoms. The van der Waals surface area contributed by atoms with Crippen molar-refractivity contribution in [2.45, 2.75) is 32.4 Å².